The third kappa shape index (κ3) is 2.20. The van der Waals surface area contributed by atoms with Gasteiger partial charge in [-0.05, 0) is 53.1 Å². The van der Waals surface area contributed by atoms with Gasteiger partial charge in [-0.15, -0.1) is 0 Å². The van der Waals surface area contributed by atoms with E-state index in [1.54, 1.807) is 19.2 Å². The van der Waals surface area contributed by atoms with Crippen molar-refractivity contribution in [2.45, 2.75) is 6.92 Å². The van der Waals surface area contributed by atoms with E-state index >= 15 is 0 Å². The van der Waals surface area contributed by atoms with Crippen LogP contribution < -0.4 is 10.1 Å². The predicted octanol–water partition coefficient (Wildman–Crippen LogP) is 3.85. The molecule has 0 bridgehead atoms. The molecular weight excluding hydrogens is 321 g/mol. The SMILES string of the molecule is COc1ccc2c(C)c3c(c(-c4ccc(F)cc4)c2c1)C(=O)NC3=O. The second-order valence-electron chi connectivity index (χ2n) is 5.95. The van der Waals surface area contributed by atoms with Gasteiger partial charge in [0.15, 0.2) is 0 Å². The lowest BCUT2D eigenvalue weighted by Crippen LogP contribution is -2.20. The van der Waals surface area contributed by atoms with Crippen molar-refractivity contribution in [2.24, 2.45) is 0 Å². The Kier molecular flexibility index (Phi) is 3.32. The van der Waals surface area contributed by atoms with Crippen molar-refractivity contribution < 1.29 is 18.7 Å². The van der Waals surface area contributed by atoms with Crippen molar-refractivity contribution in [3.05, 3.63) is 65.0 Å². The molecule has 0 unspecified atom stereocenters. The molecule has 4 nitrogen and oxygen atoms in total. The summed E-state index contributed by atoms with van der Waals surface area (Å²) in [5, 5.41) is 4.00. The molecule has 0 atom stereocenters. The smallest absolute Gasteiger partial charge is 0.259 e. The van der Waals surface area contributed by atoms with E-state index in [1.165, 1.54) is 12.1 Å². The Bertz CT molecular complexity index is 1050. The Hall–Kier alpha value is -3.21. The van der Waals surface area contributed by atoms with Gasteiger partial charge in [-0.1, -0.05) is 18.2 Å². The maximum Gasteiger partial charge on any atom is 0.259 e. The van der Waals surface area contributed by atoms with E-state index in [0.29, 0.717) is 28.0 Å². The van der Waals surface area contributed by atoms with Gasteiger partial charge in [0.2, 0.25) is 0 Å². The molecule has 0 spiro atoms. The highest BCUT2D eigenvalue weighted by Gasteiger charge is 2.33. The summed E-state index contributed by atoms with van der Waals surface area (Å²) in [6, 6.07) is 11.4. The molecule has 5 heteroatoms. The standard InChI is InChI=1S/C20H14FNO3/c1-10-14-8-7-13(25-2)9-15(14)17(11-3-5-12(21)6-4-11)18-16(10)19(23)22-20(18)24/h3-9H,1-2H3,(H,22,23,24). The van der Waals surface area contributed by atoms with Gasteiger partial charge < -0.3 is 4.74 Å². The summed E-state index contributed by atoms with van der Waals surface area (Å²) in [6.45, 7) is 1.82. The van der Waals surface area contributed by atoms with Crippen LogP contribution in [-0.4, -0.2) is 18.9 Å². The first-order valence-corrected chi connectivity index (χ1v) is 7.77. The van der Waals surface area contributed by atoms with Gasteiger partial charge in [-0.2, -0.15) is 0 Å². The third-order valence-electron chi connectivity index (χ3n) is 4.59. The minimum absolute atomic E-state index is 0.329. The van der Waals surface area contributed by atoms with Crippen LogP contribution in [0.2, 0.25) is 0 Å². The lowest BCUT2D eigenvalue weighted by molar-refractivity contribution is 0.0879. The van der Waals surface area contributed by atoms with Crippen LogP contribution in [-0.2, 0) is 0 Å². The number of hydrogen-bond acceptors (Lipinski definition) is 3. The summed E-state index contributed by atoms with van der Waals surface area (Å²) in [5.74, 6) is -0.569. The minimum Gasteiger partial charge on any atom is -0.497 e. The zero-order valence-electron chi connectivity index (χ0n) is 13.6. The van der Waals surface area contributed by atoms with Crippen LogP contribution in [0.25, 0.3) is 21.9 Å². The number of benzene rings is 3. The van der Waals surface area contributed by atoms with Crippen LogP contribution in [0.1, 0.15) is 26.3 Å². The summed E-state index contributed by atoms with van der Waals surface area (Å²) < 4.78 is 18.7. The van der Waals surface area contributed by atoms with Crippen LogP contribution >= 0.6 is 0 Å². The molecule has 0 radical (unpaired) electrons. The second-order valence-corrected chi connectivity index (χ2v) is 5.95. The number of nitrogens with one attached hydrogen (secondary N) is 1. The van der Waals surface area contributed by atoms with E-state index < -0.39 is 11.8 Å². The summed E-state index contributed by atoms with van der Waals surface area (Å²) in [4.78, 5) is 24.7. The number of hydrogen-bond donors (Lipinski definition) is 1. The number of carbonyl (C=O) groups is 2. The third-order valence-corrected chi connectivity index (χ3v) is 4.59. The van der Waals surface area contributed by atoms with E-state index in [0.717, 1.165) is 16.3 Å². The highest BCUT2D eigenvalue weighted by atomic mass is 19.1. The molecule has 1 aliphatic rings. The normalized spacial score (nSPS) is 13.1. The number of ether oxygens (including phenoxy) is 1. The molecule has 3 aromatic carbocycles. The Morgan fingerprint density at radius 2 is 1.56 bits per heavy atom. The number of fused-ring (bicyclic) bond motifs is 2. The molecule has 124 valence electrons. The van der Waals surface area contributed by atoms with E-state index in [2.05, 4.69) is 5.32 Å². The highest BCUT2D eigenvalue weighted by molar-refractivity contribution is 6.28. The fraction of sp³-hybridized carbons (Fsp3) is 0.100. The van der Waals surface area contributed by atoms with E-state index in [4.69, 9.17) is 4.74 Å². The van der Waals surface area contributed by atoms with Crippen molar-refractivity contribution in [1.82, 2.24) is 5.32 Å². The first kappa shape index (κ1) is 15.3. The van der Waals surface area contributed by atoms with Gasteiger partial charge in [0.1, 0.15) is 11.6 Å². The Labute approximate surface area is 143 Å². The molecule has 1 heterocycles. The first-order chi connectivity index (χ1) is 12.0. The van der Waals surface area contributed by atoms with Gasteiger partial charge in [-0.25, -0.2) is 4.39 Å². The van der Waals surface area contributed by atoms with Crippen molar-refractivity contribution in [3.63, 3.8) is 0 Å². The van der Waals surface area contributed by atoms with Crippen LogP contribution in [0.5, 0.6) is 5.75 Å². The van der Waals surface area contributed by atoms with Crippen LogP contribution in [0, 0.1) is 12.7 Å². The quantitative estimate of drug-likeness (QED) is 0.724. The largest absolute Gasteiger partial charge is 0.497 e. The molecule has 1 N–H and O–H groups in total. The van der Waals surface area contributed by atoms with Gasteiger partial charge in [0.25, 0.3) is 11.8 Å². The maximum absolute atomic E-state index is 13.4. The summed E-state index contributed by atoms with van der Waals surface area (Å²) >= 11 is 0. The topological polar surface area (TPSA) is 55.4 Å². The molecule has 0 fully saturated rings. The summed E-state index contributed by atoms with van der Waals surface area (Å²) in [5.41, 5.74) is 2.72. The molecule has 0 aromatic heterocycles. The number of carbonyl (C=O) groups excluding carboxylic acids is 2. The molecule has 2 amide bonds. The number of aryl methyl sites for hydroxylation is 1. The molecular formula is C20H14FNO3. The fourth-order valence-corrected chi connectivity index (χ4v) is 3.42. The number of halogens is 1. The van der Waals surface area contributed by atoms with Gasteiger partial charge in [-0.3, -0.25) is 14.9 Å². The van der Waals surface area contributed by atoms with Crippen molar-refractivity contribution >= 4 is 22.6 Å². The number of imide groups is 1. The molecule has 0 saturated carbocycles. The predicted molar refractivity (Wildman–Crippen MR) is 92.4 cm³/mol. The van der Waals surface area contributed by atoms with Crippen LogP contribution in [0.4, 0.5) is 4.39 Å². The van der Waals surface area contributed by atoms with Crippen LogP contribution in [0.3, 0.4) is 0 Å². The average Bonchev–Trinajstić information content (AvgIpc) is 2.91. The Balaban J connectivity index is 2.20. The van der Waals surface area contributed by atoms with Crippen molar-refractivity contribution in [1.29, 1.82) is 0 Å². The number of amides is 2. The fourth-order valence-electron chi connectivity index (χ4n) is 3.42. The molecule has 3 aromatic rings. The molecule has 4 rings (SSSR count). The lowest BCUT2D eigenvalue weighted by atomic mass is 9.87. The Morgan fingerprint density at radius 3 is 2.24 bits per heavy atom. The molecule has 0 aliphatic carbocycles. The molecule has 25 heavy (non-hydrogen) atoms. The van der Waals surface area contributed by atoms with Gasteiger partial charge in [0.05, 0.1) is 18.2 Å². The van der Waals surface area contributed by atoms with Gasteiger partial charge >= 0.3 is 0 Å². The zero-order valence-corrected chi connectivity index (χ0v) is 13.6. The van der Waals surface area contributed by atoms with Crippen LogP contribution in [0.15, 0.2) is 42.5 Å². The minimum atomic E-state index is -0.438. The summed E-state index contributed by atoms with van der Waals surface area (Å²) in [6.07, 6.45) is 0. The van der Waals surface area contributed by atoms with Crippen molar-refractivity contribution in [3.8, 4) is 16.9 Å². The zero-order chi connectivity index (χ0) is 17.7. The Morgan fingerprint density at radius 1 is 0.880 bits per heavy atom. The number of methoxy groups -OCH3 is 1. The lowest BCUT2D eigenvalue weighted by Gasteiger charge is -2.15. The molecule has 0 saturated heterocycles. The first-order valence-electron chi connectivity index (χ1n) is 7.77. The second kappa shape index (κ2) is 5.41. The maximum atomic E-state index is 13.4. The summed E-state index contributed by atoms with van der Waals surface area (Å²) in [7, 11) is 1.56. The monoisotopic (exact) mass is 335 g/mol. The van der Waals surface area contributed by atoms with E-state index in [-0.39, 0.29) is 5.82 Å². The van der Waals surface area contributed by atoms with Crippen molar-refractivity contribution in [2.75, 3.05) is 7.11 Å². The number of rotatable bonds is 2. The van der Waals surface area contributed by atoms with E-state index in [9.17, 15) is 14.0 Å². The van der Waals surface area contributed by atoms with E-state index in [1.807, 2.05) is 25.1 Å². The average molecular weight is 335 g/mol. The molecule has 1 aliphatic heterocycles. The van der Waals surface area contributed by atoms with Gasteiger partial charge in [0, 0.05) is 5.56 Å². The highest BCUT2D eigenvalue weighted by Crippen LogP contribution is 2.40.